The van der Waals surface area contributed by atoms with Gasteiger partial charge in [0.2, 0.25) is 5.91 Å². The zero-order valence-corrected chi connectivity index (χ0v) is 24.0. The Labute approximate surface area is 238 Å². The molecule has 2 aliphatic rings. The fraction of sp³-hybridized carbons (Fsp3) is 0.412. The maximum atomic E-state index is 13.2. The Morgan fingerprint density at radius 1 is 0.900 bits per heavy atom. The van der Waals surface area contributed by atoms with Gasteiger partial charge in [-0.25, -0.2) is 0 Å². The Morgan fingerprint density at radius 3 is 2.12 bits per heavy atom. The van der Waals surface area contributed by atoms with Crippen LogP contribution in [0.25, 0.3) is 0 Å². The zero-order valence-electron chi connectivity index (χ0n) is 24.0. The van der Waals surface area contributed by atoms with Crippen LogP contribution in [0.1, 0.15) is 62.8 Å². The molecular formula is C34H41N3O3. The zero-order chi connectivity index (χ0) is 28.1. The number of amides is 2. The van der Waals surface area contributed by atoms with Crippen LogP contribution in [0.4, 0.5) is 5.69 Å². The van der Waals surface area contributed by atoms with Crippen LogP contribution in [-0.4, -0.2) is 60.9 Å². The number of carbonyl (C=O) groups is 2. The van der Waals surface area contributed by atoms with Crippen molar-refractivity contribution in [1.82, 2.24) is 9.80 Å². The lowest BCUT2D eigenvalue weighted by atomic mass is 9.82. The van der Waals surface area contributed by atoms with E-state index in [1.54, 1.807) is 0 Å². The third kappa shape index (κ3) is 6.07. The molecule has 0 saturated carbocycles. The number of hydrogen-bond donors (Lipinski definition) is 0. The topological polar surface area (TPSA) is 53.1 Å². The maximum Gasteiger partial charge on any atom is 0.265 e. The van der Waals surface area contributed by atoms with Crippen LogP contribution in [0.3, 0.4) is 0 Å². The van der Waals surface area contributed by atoms with E-state index in [4.69, 9.17) is 4.74 Å². The molecule has 3 aromatic carbocycles. The van der Waals surface area contributed by atoms with Gasteiger partial charge in [-0.1, -0.05) is 87.5 Å². The van der Waals surface area contributed by atoms with Crippen LogP contribution in [0, 0.1) is 0 Å². The summed E-state index contributed by atoms with van der Waals surface area (Å²) < 4.78 is 5.71. The SMILES string of the molecule is CCC(C)(C)c1ccc2c(c1)N(CCCC(=O)N1CCN(C(c3ccccc3)c3ccccc3)CC1)C(=O)CO2. The van der Waals surface area contributed by atoms with Crippen molar-refractivity contribution in [3.63, 3.8) is 0 Å². The molecule has 2 aliphatic heterocycles. The normalized spacial score (nSPS) is 16.1. The predicted molar refractivity (Wildman–Crippen MR) is 160 cm³/mol. The molecule has 6 heteroatoms. The fourth-order valence-electron chi connectivity index (χ4n) is 5.73. The average Bonchev–Trinajstić information content (AvgIpc) is 2.99. The minimum Gasteiger partial charge on any atom is -0.482 e. The highest BCUT2D eigenvalue weighted by Gasteiger charge is 2.30. The lowest BCUT2D eigenvalue weighted by Crippen LogP contribution is -2.50. The summed E-state index contributed by atoms with van der Waals surface area (Å²) in [6.45, 7) is 10.2. The van der Waals surface area contributed by atoms with Gasteiger partial charge in [-0.15, -0.1) is 0 Å². The molecule has 0 aliphatic carbocycles. The first-order chi connectivity index (χ1) is 19.4. The van der Waals surface area contributed by atoms with Gasteiger partial charge in [-0.05, 0) is 47.1 Å². The molecule has 0 bridgehead atoms. The second-order valence-corrected chi connectivity index (χ2v) is 11.5. The van der Waals surface area contributed by atoms with Crippen LogP contribution >= 0.6 is 0 Å². The standard InChI is InChI=1S/C34H41N3O3/c1-4-34(2,3)28-17-18-30-29(24-28)37(32(39)25-40-30)19-11-16-31(38)35-20-22-36(23-21-35)33(26-12-7-5-8-13-26)27-14-9-6-10-15-27/h5-10,12-15,17-18,24,33H,4,11,16,19-23,25H2,1-3H3. The molecule has 1 fully saturated rings. The van der Waals surface area contributed by atoms with Crippen LogP contribution in [-0.2, 0) is 15.0 Å². The number of carbonyl (C=O) groups excluding carboxylic acids is 2. The predicted octanol–water partition coefficient (Wildman–Crippen LogP) is 5.81. The molecule has 0 N–H and O–H groups in total. The molecule has 5 rings (SSSR count). The van der Waals surface area contributed by atoms with Crippen molar-refractivity contribution in [3.05, 3.63) is 95.6 Å². The number of benzene rings is 3. The first kappa shape index (κ1) is 27.9. The van der Waals surface area contributed by atoms with Crippen LogP contribution < -0.4 is 9.64 Å². The van der Waals surface area contributed by atoms with Gasteiger partial charge in [0.25, 0.3) is 5.91 Å². The Hall–Kier alpha value is -3.64. The summed E-state index contributed by atoms with van der Waals surface area (Å²) in [5, 5.41) is 0. The van der Waals surface area contributed by atoms with Crippen molar-refractivity contribution in [3.8, 4) is 5.75 Å². The van der Waals surface area contributed by atoms with Gasteiger partial charge in [-0.2, -0.15) is 0 Å². The summed E-state index contributed by atoms with van der Waals surface area (Å²) in [5.74, 6) is 0.856. The van der Waals surface area contributed by atoms with E-state index in [-0.39, 0.29) is 29.9 Å². The highest BCUT2D eigenvalue weighted by molar-refractivity contribution is 5.98. The first-order valence-electron chi connectivity index (χ1n) is 14.6. The third-order valence-electron chi connectivity index (χ3n) is 8.60. The minimum atomic E-state index is -0.0483. The summed E-state index contributed by atoms with van der Waals surface area (Å²) in [6, 6.07) is 27.6. The second-order valence-electron chi connectivity index (χ2n) is 11.5. The summed E-state index contributed by atoms with van der Waals surface area (Å²) in [5.41, 5.74) is 4.57. The molecule has 2 heterocycles. The lowest BCUT2D eigenvalue weighted by molar-refractivity contribution is -0.133. The molecule has 210 valence electrons. The van der Waals surface area contributed by atoms with Crippen molar-refractivity contribution in [1.29, 1.82) is 0 Å². The van der Waals surface area contributed by atoms with Crippen LogP contribution in [0.2, 0.25) is 0 Å². The third-order valence-corrected chi connectivity index (χ3v) is 8.60. The molecule has 0 spiro atoms. The number of anilines is 1. The highest BCUT2D eigenvalue weighted by Crippen LogP contribution is 2.38. The van der Waals surface area contributed by atoms with Crippen molar-refractivity contribution < 1.29 is 14.3 Å². The molecule has 0 unspecified atom stereocenters. The van der Waals surface area contributed by atoms with E-state index < -0.39 is 0 Å². The highest BCUT2D eigenvalue weighted by atomic mass is 16.5. The van der Waals surface area contributed by atoms with Crippen molar-refractivity contribution in [2.24, 2.45) is 0 Å². The van der Waals surface area contributed by atoms with Crippen molar-refractivity contribution in [2.75, 3.05) is 44.2 Å². The molecule has 6 nitrogen and oxygen atoms in total. The van der Waals surface area contributed by atoms with E-state index >= 15 is 0 Å². The molecule has 3 aromatic rings. The summed E-state index contributed by atoms with van der Waals surface area (Å²) >= 11 is 0. The summed E-state index contributed by atoms with van der Waals surface area (Å²) in [4.78, 5) is 32.3. The number of piperazine rings is 1. The molecule has 0 aromatic heterocycles. The van der Waals surface area contributed by atoms with E-state index in [0.29, 0.717) is 32.5 Å². The number of nitrogens with zero attached hydrogens (tertiary/aromatic N) is 3. The first-order valence-corrected chi connectivity index (χ1v) is 14.6. The molecule has 0 atom stereocenters. The number of hydrogen-bond acceptors (Lipinski definition) is 4. The summed E-state index contributed by atoms with van der Waals surface area (Å²) in [6.07, 6.45) is 2.06. The number of ether oxygens (including phenoxy) is 1. The van der Waals surface area contributed by atoms with Gasteiger partial charge in [0.05, 0.1) is 11.7 Å². The van der Waals surface area contributed by atoms with Gasteiger partial charge in [0.1, 0.15) is 5.75 Å². The lowest BCUT2D eigenvalue weighted by Gasteiger charge is -2.40. The van der Waals surface area contributed by atoms with E-state index in [1.807, 2.05) is 15.9 Å². The van der Waals surface area contributed by atoms with E-state index in [0.717, 1.165) is 30.9 Å². The molecule has 2 amide bonds. The summed E-state index contributed by atoms with van der Waals surface area (Å²) in [7, 11) is 0. The molecular weight excluding hydrogens is 498 g/mol. The van der Waals surface area contributed by atoms with E-state index in [9.17, 15) is 9.59 Å². The molecule has 1 saturated heterocycles. The Balaban J connectivity index is 1.19. The van der Waals surface area contributed by atoms with Gasteiger partial charge < -0.3 is 14.5 Å². The quantitative estimate of drug-likeness (QED) is 0.344. The Morgan fingerprint density at radius 2 is 1.52 bits per heavy atom. The number of fused-ring (bicyclic) bond motifs is 1. The fourth-order valence-corrected chi connectivity index (χ4v) is 5.73. The smallest absolute Gasteiger partial charge is 0.265 e. The Kier molecular flexibility index (Phi) is 8.55. The average molecular weight is 540 g/mol. The Bertz CT molecular complexity index is 1260. The van der Waals surface area contributed by atoms with Gasteiger partial charge in [0.15, 0.2) is 6.61 Å². The monoisotopic (exact) mass is 539 g/mol. The van der Waals surface area contributed by atoms with Crippen LogP contribution in [0.5, 0.6) is 5.75 Å². The largest absolute Gasteiger partial charge is 0.482 e. The van der Waals surface area contributed by atoms with Gasteiger partial charge in [0, 0.05) is 39.1 Å². The maximum absolute atomic E-state index is 13.2. The molecule has 0 radical (unpaired) electrons. The van der Waals surface area contributed by atoms with Gasteiger partial charge >= 0.3 is 0 Å². The van der Waals surface area contributed by atoms with E-state index in [2.05, 4.69) is 98.5 Å². The van der Waals surface area contributed by atoms with Crippen molar-refractivity contribution in [2.45, 2.75) is 51.5 Å². The van der Waals surface area contributed by atoms with Gasteiger partial charge in [-0.3, -0.25) is 14.5 Å². The van der Waals surface area contributed by atoms with Crippen LogP contribution in [0.15, 0.2) is 78.9 Å². The number of rotatable bonds is 9. The minimum absolute atomic E-state index is 0.0132. The van der Waals surface area contributed by atoms with Crippen molar-refractivity contribution >= 4 is 17.5 Å². The molecule has 40 heavy (non-hydrogen) atoms. The second kappa shape index (κ2) is 12.3. The van der Waals surface area contributed by atoms with E-state index in [1.165, 1.54) is 16.7 Å².